The summed E-state index contributed by atoms with van der Waals surface area (Å²) in [7, 11) is 0. The number of hydrogen-bond donors (Lipinski definition) is 4. The average Bonchev–Trinajstić information content (AvgIpc) is 2.79. The third-order valence-electron chi connectivity index (χ3n) is 4.72. The number of Topliss-reactive ketones (excluding diaryl/α,β-unsaturated/α-hetero) is 4. The molecule has 0 radical (unpaired) electrons. The summed E-state index contributed by atoms with van der Waals surface area (Å²) in [6.45, 7) is 4.73. The van der Waals surface area contributed by atoms with E-state index in [1.165, 1.54) is 27.7 Å². The predicted octanol–water partition coefficient (Wildman–Crippen LogP) is 3.13. The molecule has 0 aliphatic rings. The van der Waals surface area contributed by atoms with Crippen LogP contribution in [-0.4, -0.2) is 53.4 Å². The van der Waals surface area contributed by atoms with E-state index in [-0.39, 0.29) is 22.3 Å². The highest BCUT2D eigenvalue weighted by molar-refractivity contribution is 6.22. The lowest BCUT2D eigenvalue weighted by Crippen LogP contribution is -2.05. The first kappa shape index (κ1) is 30.6. The van der Waals surface area contributed by atoms with E-state index in [9.17, 15) is 59.8 Å². The maximum absolute atomic E-state index is 11.2. The maximum Gasteiger partial charge on any atom is 0.315 e. The molecule has 0 heterocycles. The summed E-state index contributed by atoms with van der Waals surface area (Å²) in [5.74, 6) is -5.13. The van der Waals surface area contributed by atoms with Gasteiger partial charge in [0.05, 0.1) is 21.0 Å². The normalized spacial score (nSPS) is 9.79. The van der Waals surface area contributed by atoms with Gasteiger partial charge in [0.15, 0.2) is 34.6 Å². The highest BCUT2D eigenvalue weighted by Crippen LogP contribution is 2.37. The van der Waals surface area contributed by atoms with E-state index in [4.69, 9.17) is 0 Å². The Morgan fingerprint density at radius 3 is 1.08 bits per heavy atom. The molecule has 4 N–H and O–H groups in total. The second-order valence-electron chi connectivity index (χ2n) is 7.67. The summed E-state index contributed by atoms with van der Waals surface area (Å²) in [5.41, 5.74) is -1.58. The molecule has 0 aliphatic heterocycles. The Morgan fingerprint density at radius 1 is 0.605 bits per heavy atom. The summed E-state index contributed by atoms with van der Waals surface area (Å²) in [4.78, 5) is 64.5. The third kappa shape index (κ3) is 7.81. The van der Waals surface area contributed by atoms with Gasteiger partial charge < -0.3 is 20.4 Å². The predicted molar refractivity (Wildman–Crippen MR) is 132 cm³/mol. The first-order valence-electron chi connectivity index (χ1n) is 10.4. The molecule has 2 aromatic rings. The van der Waals surface area contributed by atoms with Gasteiger partial charge in [-0.1, -0.05) is 0 Å². The SMILES string of the molecule is CC(=O)C(=Cc1cc(O)c(O)c([N+](=O)[O-])c1)C(C)=O.CC(=O)C(=Cc1cc(O)c(O)c([N+](=O)[O-])c1)C(C)=O. The van der Waals surface area contributed by atoms with Gasteiger partial charge in [0.2, 0.25) is 11.5 Å². The molecule has 0 spiro atoms. The molecule has 0 saturated carbocycles. The monoisotopic (exact) mass is 530 g/mol. The van der Waals surface area contributed by atoms with Crippen molar-refractivity contribution in [2.24, 2.45) is 0 Å². The highest BCUT2D eigenvalue weighted by Gasteiger charge is 2.20. The molecule has 38 heavy (non-hydrogen) atoms. The minimum atomic E-state index is -0.881. The van der Waals surface area contributed by atoms with Crippen molar-refractivity contribution in [3.63, 3.8) is 0 Å². The lowest BCUT2D eigenvalue weighted by molar-refractivity contribution is -0.386. The Hall–Kier alpha value is -5.40. The Kier molecular flexibility index (Phi) is 10.1. The standard InChI is InChI=1S/2C12H11NO6/c2*1-6(14)9(7(2)15)3-8-4-10(13(18)19)12(17)11(16)5-8/h2*3-5,16-17H,1-2H3. The van der Waals surface area contributed by atoms with Gasteiger partial charge in [0, 0.05) is 12.1 Å². The van der Waals surface area contributed by atoms with Gasteiger partial charge in [0.1, 0.15) is 0 Å². The molecule has 200 valence electrons. The lowest BCUT2D eigenvalue weighted by Gasteiger charge is -2.03. The van der Waals surface area contributed by atoms with Crippen molar-refractivity contribution in [2.45, 2.75) is 27.7 Å². The molecule has 0 bridgehead atoms. The maximum atomic E-state index is 11.2. The van der Waals surface area contributed by atoms with Crippen LogP contribution in [0.1, 0.15) is 38.8 Å². The van der Waals surface area contributed by atoms with Crippen molar-refractivity contribution in [3.05, 3.63) is 66.8 Å². The lowest BCUT2D eigenvalue weighted by atomic mass is 10.0. The summed E-state index contributed by atoms with van der Waals surface area (Å²) >= 11 is 0. The van der Waals surface area contributed by atoms with Crippen LogP contribution in [0.25, 0.3) is 12.2 Å². The molecule has 14 heteroatoms. The fourth-order valence-electron chi connectivity index (χ4n) is 2.93. The van der Waals surface area contributed by atoms with E-state index in [2.05, 4.69) is 0 Å². The number of carbonyl (C=O) groups excluding carboxylic acids is 4. The fraction of sp³-hybridized carbons (Fsp3) is 0.167. The van der Waals surface area contributed by atoms with Crippen molar-refractivity contribution in [3.8, 4) is 23.0 Å². The van der Waals surface area contributed by atoms with Crippen LogP contribution in [0.15, 0.2) is 35.4 Å². The smallest absolute Gasteiger partial charge is 0.315 e. The quantitative estimate of drug-likeness (QED) is 0.0961. The molecule has 14 nitrogen and oxygen atoms in total. The zero-order valence-corrected chi connectivity index (χ0v) is 20.4. The van der Waals surface area contributed by atoms with Gasteiger partial charge >= 0.3 is 11.4 Å². The summed E-state index contributed by atoms with van der Waals surface area (Å²) in [6, 6.07) is 3.96. The summed E-state index contributed by atoms with van der Waals surface area (Å²) in [5, 5.41) is 58.6. The van der Waals surface area contributed by atoms with Crippen molar-refractivity contribution in [1.82, 2.24) is 0 Å². The van der Waals surface area contributed by atoms with E-state index in [1.807, 2.05) is 0 Å². The van der Waals surface area contributed by atoms with Gasteiger partial charge in [-0.25, -0.2) is 0 Å². The van der Waals surface area contributed by atoms with Gasteiger partial charge in [-0.15, -0.1) is 0 Å². The minimum Gasteiger partial charge on any atom is -0.504 e. The number of phenols is 4. The molecule has 0 aromatic heterocycles. The number of ketones is 4. The topological polar surface area (TPSA) is 235 Å². The molecular weight excluding hydrogens is 508 g/mol. The van der Waals surface area contributed by atoms with Crippen LogP contribution in [0, 0.1) is 20.2 Å². The van der Waals surface area contributed by atoms with Gasteiger partial charge in [-0.3, -0.25) is 39.4 Å². The number of phenolic OH excluding ortho intramolecular Hbond substituents is 4. The van der Waals surface area contributed by atoms with Crippen LogP contribution in [0.5, 0.6) is 23.0 Å². The highest BCUT2D eigenvalue weighted by atomic mass is 16.6. The number of allylic oxidation sites excluding steroid dienone is 2. The Balaban J connectivity index is 0.000000380. The van der Waals surface area contributed by atoms with Crippen LogP contribution in [-0.2, 0) is 19.2 Å². The van der Waals surface area contributed by atoms with Crippen molar-refractivity contribution >= 4 is 46.7 Å². The second kappa shape index (κ2) is 12.5. The van der Waals surface area contributed by atoms with E-state index >= 15 is 0 Å². The van der Waals surface area contributed by atoms with E-state index < -0.39 is 67.4 Å². The molecule has 0 saturated heterocycles. The van der Waals surface area contributed by atoms with Gasteiger partial charge in [0.25, 0.3) is 0 Å². The zero-order chi connectivity index (χ0) is 29.5. The largest absolute Gasteiger partial charge is 0.504 e. The molecule has 0 atom stereocenters. The van der Waals surface area contributed by atoms with Crippen LogP contribution < -0.4 is 0 Å². The average molecular weight is 530 g/mol. The van der Waals surface area contributed by atoms with E-state index in [1.54, 1.807) is 0 Å². The number of rotatable bonds is 8. The van der Waals surface area contributed by atoms with E-state index in [0.717, 1.165) is 36.4 Å². The third-order valence-corrected chi connectivity index (χ3v) is 4.72. The molecule has 2 rings (SSSR count). The molecule has 0 amide bonds. The van der Waals surface area contributed by atoms with Crippen LogP contribution in [0.3, 0.4) is 0 Å². The fourth-order valence-corrected chi connectivity index (χ4v) is 2.93. The van der Waals surface area contributed by atoms with Crippen molar-refractivity contribution < 1.29 is 49.5 Å². The Bertz CT molecular complexity index is 1280. The van der Waals surface area contributed by atoms with Crippen LogP contribution in [0.4, 0.5) is 11.4 Å². The van der Waals surface area contributed by atoms with Gasteiger partial charge in [-0.2, -0.15) is 0 Å². The zero-order valence-electron chi connectivity index (χ0n) is 20.4. The van der Waals surface area contributed by atoms with Crippen molar-refractivity contribution in [1.29, 1.82) is 0 Å². The van der Waals surface area contributed by atoms with Crippen LogP contribution in [0.2, 0.25) is 0 Å². The molecule has 0 fully saturated rings. The number of benzene rings is 2. The number of aromatic hydroxyl groups is 4. The van der Waals surface area contributed by atoms with E-state index in [0.29, 0.717) is 0 Å². The first-order chi connectivity index (χ1) is 17.5. The molecular formula is C24H22N2O12. The number of hydrogen-bond acceptors (Lipinski definition) is 12. The summed E-state index contributed by atoms with van der Waals surface area (Å²) in [6.07, 6.45) is 2.24. The first-order valence-corrected chi connectivity index (χ1v) is 10.4. The Morgan fingerprint density at radius 2 is 0.868 bits per heavy atom. The number of nitro groups is 2. The second-order valence-corrected chi connectivity index (χ2v) is 7.67. The van der Waals surface area contributed by atoms with Crippen molar-refractivity contribution in [2.75, 3.05) is 0 Å². The number of carbonyl (C=O) groups is 4. The molecule has 0 aliphatic carbocycles. The molecule has 0 unspecified atom stereocenters. The van der Waals surface area contributed by atoms with Gasteiger partial charge in [-0.05, 0) is 63.1 Å². The van der Waals surface area contributed by atoms with Crippen LogP contribution >= 0.6 is 0 Å². The number of nitrogens with zero attached hydrogens (tertiary/aromatic N) is 2. The molecule has 2 aromatic carbocycles. The number of nitro benzene ring substituents is 2. The summed E-state index contributed by atoms with van der Waals surface area (Å²) < 4.78 is 0. The minimum absolute atomic E-state index is 0.0717. The Labute approximate surface area is 214 Å².